The van der Waals surface area contributed by atoms with Gasteiger partial charge < -0.3 is 16.0 Å². The molecule has 0 fully saturated rings. The SMILES string of the molecule is Cc1cnc(CNc2ccc(N/C=C3/C(=O)Nc4cccc(F)c43)cc2C)cn1. The molecule has 0 radical (unpaired) electrons. The van der Waals surface area contributed by atoms with Crippen molar-refractivity contribution in [2.45, 2.75) is 20.4 Å². The minimum atomic E-state index is -0.427. The lowest BCUT2D eigenvalue weighted by molar-refractivity contribution is -0.110. The number of carbonyl (C=O) groups is 1. The van der Waals surface area contributed by atoms with Gasteiger partial charge in [-0.25, -0.2) is 4.39 Å². The summed E-state index contributed by atoms with van der Waals surface area (Å²) in [5.74, 6) is -0.754. The monoisotopic (exact) mass is 389 g/mol. The van der Waals surface area contributed by atoms with E-state index in [1.165, 1.54) is 12.3 Å². The van der Waals surface area contributed by atoms with Crippen LogP contribution in [0.25, 0.3) is 5.57 Å². The van der Waals surface area contributed by atoms with E-state index < -0.39 is 5.82 Å². The Balaban J connectivity index is 1.47. The van der Waals surface area contributed by atoms with Gasteiger partial charge in [0.1, 0.15) is 5.82 Å². The molecule has 146 valence electrons. The highest BCUT2D eigenvalue weighted by molar-refractivity contribution is 6.31. The summed E-state index contributed by atoms with van der Waals surface area (Å²) in [4.78, 5) is 20.7. The number of anilines is 3. The molecule has 2 heterocycles. The highest BCUT2D eigenvalue weighted by atomic mass is 19.1. The van der Waals surface area contributed by atoms with Gasteiger partial charge in [0.15, 0.2) is 0 Å². The van der Waals surface area contributed by atoms with Gasteiger partial charge in [-0.3, -0.25) is 14.8 Å². The molecule has 0 spiro atoms. The van der Waals surface area contributed by atoms with Crippen LogP contribution >= 0.6 is 0 Å². The number of fused-ring (bicyclic) bond motifs is 1. The van der Waals surface area contributed by atoms with Crippen LogP contribution in [0, 0.1) is 19.7 Å². The number of rotatable bonds is 5. The maximum absolute atomic E-state index is 14.1. The number of aryl methyl sites for hydroxylation is 2. The van der Waals surface area contributed by atoms with Crippen molar-refractivity contribution in [1.82, 2.24) is 9.97 Å². The molecule has 3 aromatic rings. The summed E-state index contributed by atoms with van der Waals surface area (Å²) < 4.78 is 14.1. The zero-order chi connectivity index (χ0) is 20.4. The first-order chi connectivity index (χ1) is 14.0. The fraction of sp³-hybridized carbons (Fsp3) is 0.136. The molecule has 6 nitrogen and oxygen atoms in total. The number of benzene rings is 2. The molecule has 0 saturated carbocycles. The fourth-order valence-corrected chi connectivity index (χ4v) is 3.15. The predicted molar refractivity (Wildman–Crippen MR) is 112 cm³/mol. The van der Waals surface area contributed by atoms with E-state index in [9.17, 15) is 9.18 Å². The molecule has 1 amide bonds. The van der Waals surface area contributed by atoms with E-state index in [1.54, 1.807) is 24.5 Å². The van der Waals surface area contributed by atoms with Crippen molar-refractivity contribution in [1.29, 1.82) is 0 Å². The topological polar surface area (TPSA) is 78.9 Å². The standard InChI is InChI=1S/C22H20FN5O/c1-13-8-15(6-7-19(13)27-11-16-10-24-14(2)9-25-16)26-12-17-21-18(23)4-3-5-20(21)28-22(17)29/h3-10,12,26-27H,11H2,1-2H3,(H,28,29)/b17-12+. The smallest absolute Gasteiger partial charge is 0.257 e. The summed E-state index contributed by atoms with van der Waals surface area (Å²) in [6.07, 6.45) is 5.03. The average molecular weight is 389 g/mol. The number of halogens is 1. The second-order valence-electron chi connectivity index (χ2n) is 6.85. The highest BCUT2D eigenvalue weighted by Gasteiger charge is 2.27. The summed E-state index contributed by atoms with van der Waals surface area (Å²) in [7, 11) is 0. The molecule has 1 aliphatic heterocycles. The normalized spacial score (nSPS) is 13.9. The molecule has 0 atom stereocenters. The molecule has 1 aliphatic rings. The molecule has 1 aromatic heterocycles. The van der Waals surface area contributed by atoms with Crippen LogP contribution < -0.4 is 16.0 Å². The molecular formula is C22H20FN5O. The highest BCUT2D eigenvalue weighted by Crippen LogP contribution is 2.33. The summed E-state index contributed by atoms with van der Waals surface area (Å²) in [5, 5.41) is 9.11. The first kappa shape index (κ1) is 18.6. The Morgan fingerprint density at radius 3 is 2.76 bits per heavy atom. The van der Waals surface area contributed by atoms with Crippen LogP contribution in [0.5, 0.6) is 0 Å². The third kappa shape index (κ3) is 3.94. The Labute approximate surface area is 167 Å². The van der Waals surface area contributed by atoms with Crippen LogP contribution in [-0.4, -0.2) is 15.9 Å². The van der Waals surface area contributed by atoms with Crippen LogP contribution in [0.4, 0.5) is 21.5 Å². The van der Waals surface area contributed by atoms with Gasteiger partial charge in [0.25, 0.3) is 5.91 Å². The number of nitrogens with zero attached hydrogens (tertiary/aromatic N) is 2. The predicted octanol–water partition coefficient (Wildman–Crippen LogP) is 4.25. The molecule has 0 saturated heterocycles. The Kier molecular flexibility index (Phi) is 4.95. The molecule has 4 rings (SSSR count). The van der Waals surface area contributed by atoms with E-state index in [0.717, 1.165) is 28.3 Å². The van der Waals surface area contributed by atoms with E-state index in [1.807, 2.05) is 32.0 Å². The average Bonchev–Trinajstić information content (AvgIpc) is 3.03. The maximum Gasteiger partial charge on any atom is 0.257 e. The van der Waals surface area contributed by atoms with Crippen molar-refractivity contribution in [3.05, 3.63) is 83.3 Å². The number of aromatic nitrogens is 2. The van der Waals surface area contributed by atoms with Crippen LogP contribution in [0.3, 0.4) is 0 Å². The third-order valence-corrected chi connectivity index (χ3v) is 4.68. The lowest BCUT2D eigenvalue weighted by atomic mass is 10.1. The first-order valence-electron chi connectivity index (χ1n) is 9.20. The Morgan fingerprint density at radius 2 is 2.00 bits per heavy atom. The molecule has 2 aromatic carbocycles. The molecular weight excluding hydrogens is 369 g/mol. The van der Waals surface area contributed by atoms with Crippen molar-refractivity contribution < 1.29 is 9.18 Å². The summed E-state index contributed by atoms with van der Waals surface area (Å²) in [5.41, 5.74) is 5.58. The van der Waals surface area contributed by atoms with Gasteiger partial charge in [-0.1, -0.05) is 6.07 Å². The number of hydrogen-bond acceptors (Lipinski definition) is 5. The molecule has 29 heavy (non-hydrogen) atoms. The van der Waals surface area contributed by atoms with Crippen molar-refractivity contribution in [2.24, 2.45) is 0 Å². The summed E-state index contributed by atoms with van der Waals surface area (Å²) in [6, 6.07) is 10.4. The quantitative estimate of drug-likeness (QED) is 0.569. The third-order valence-electron chi connectivity index (χ3n) is 4.68. The van der Waals surface area contributed by atoms with Crippen molar-refractivity contribution in [3.63, 3.8) is 0 Å². The van der Waals surface area contributed by atoms with Gasteiger partial charge in [-0.05, 0) is 49.7 Å². The van der Waals surface area contributed by atoms with Gasteiger partial charge in [0.05, 0.1) is 35.4 Å². The Hall–Kier alpha value is -3.74. The van der Waals surface area contributed by atoms with E-state index in [0.29, 0.717) is 17.8 Å². The molecule has 0 aliphatic carbocycles. The minimum absolute atomic E-state index is 0.274. The van der Waals surface area contributed by atoms with Crippen molar-refractivity contribution in [2.75, 3.05) is 16.0 Å². The number of amides is 1. The van der Waals surface area contributed by atoms with Crippen molar-refractivity contribution >= 4 is 28.5 Å². The van der Waals surface area contributed by atoms with Gasteiger partial charge >= 0.3 is 0 Å². The van der Waals surface area contributed by atoms with E-state index in [4.69, 9.17) is 0 Å². The lowest BCUT2D eigenvalue weighted by Crippen LogP contribution is -2.06. The second-order valence-corrected chi connectivity index (χ2v) is 6.85. The zero-order valence-electron chi connectivity index (χ0n) is 16.1. The van der Waals surface area contributed by atoms with E-state index in [2.05, 4.69) is 25.9 Å². The van der Waals surface area contributed by atoms with Gasteiger partial charge in [0.2, 0.25) is 0 Å². The Morgan fingerprint density at radius 1 is 1.14 bits per heavy atom. The number of carbonyl (C=O) groups excluding carboxylic acids is 1. The van der Waals surface area contributed by atoms with Crippen LogP contribution in [0.2, 0.25) is 0 Å². The Bertz CT molecular complexity index is 1110. The van der Waals surface area contributed by atoms with Gasteiger partial charge in [-0.2, -0.15) is 0 Å². The van der Waals surface area contributed by atoms with Gasteiger partial charge in [0, 0.05) is 29.3 Å². The van der Waals surface area contributed by atoms with Gasteiger partial charge in [-0.15, -0.1) is 0 Å². The van der Waals surface area contributed by atoms with E-state index in [-0.39, 0.29) is 11.5 Å². The molecule has 0 bridgehead atoms. The second kappa shape index (κ2) is 7.71. The number of nitrogens with one attached hydrogen (secondary N) is 3. The first-order valence-corrected chi connectivity index (χ1v) is 9.20. The molecule has 0 unspecified atom stereocenters. The molecule has 3 N–H and O–H groups in total. The van der Waals surface area contributed by atoms with Crippen molar-refractivity contribution in [3.8, 4) is 0 Å². The number of hydrogen-bond donors (Lipinski definition) is 3. The minimum Gasteiger partial charge on any atom is -0.379 e. The van der Waals surface area contributed by atoms with Crippen LogP contribution in [0.15, 0.2) is 55.0 Å². The lowest BCUT2D eigenvalue weighted by Gasteiger charge is -2.11. The summed E-state index contributed by atoms with van der Waals surface area (Å²) in [6.45, 7) is 4.46. The van der Waals surface area contributed by atoms with E-state index >= 15 is 0 Å². The maximum atomic E-state index is 14.1. The zero-order valence-corrected chi connectivity index (χ0v) is 16.1. The summed E-state index contributed by atoms with van der Waals surface area (Å²) >= 11 is 0. The molecule has 7 heteroatoms. The van der Waals surface area contributed by atoms with Crippen LogP contribution in [-0.2, 0) is 11.3 Å². The fourth-order valence-electron chi connectivity index (χ4n) is 3.15. The van der Waals surface area contributed by atoms with Crippen LogP contribution in [0.1, 0.15) is 22.5 Å². The largest absolute Gasteiger partial charge is 0.379 e.